The maximum Gasteiger partial charge on any atom is 0.221 e. The van der Waals surface area contributed by atoms with E-state index in [1.807, 2.05) is 48.5 Å². The summed E-state index contributed by atoms with van der Waals surface area (Å²) < 4.78 is 0. The number of carbonyl (C=O) groups excluding carboxylic acids is 1. The first-order valence-electron chi connectivity index (χ1n) is 10.3. The summed E-state index contributed by atoms with van der Waals surface area (Å²) >= 11 is 0. The zero-order chi connectivity index (χ0) is 20.1. The van der Waals surface area contributed by atoms with E-state index in [2.05, 4.69) is 22.2 Å². The number of pyridine rings is 1. The van der Waals surface area contributed by atoms with Crippen molar-refractivity contribution in [3.63, 3.8) is 0 Å². The Morgan fingerprint density at radius 3 is 2.69 bits per heavy atom. The van der Waals surface area contributed by atoms with Gasteiger partial charge in [-0.2, -0.15) is 0 Å². The average molecular weight is 386 g/mol. The van der Waals surface area contributed by atoms with Crippen LogP contribution in [0.1, 0.15) is 52.8 Å². The highest BCUT2D eigenvalue weighted by Crippen LogP contribution is 2.26. The molecule has 0 saturated carbocycles. The van der Waals surface area contributed by atoms with Crippen molar-refractivity contribution in [1.29, 1.82) is 0 Å². The molecule has 0 saturated heterocycles. The summed E-state index contributed by atoms with van der Waals surface area (Å²) in [6.45, 7) is 2.60. The molecule has 0 aliphatic heterocycles. The number of fused-ring (bicyclic) bond motifs is 1. The highest BCUT2D eigenvalue weighted by Gasteiger charge is 2.20. The molecule has 1 amide bonds. The second kappa shape index (κ2) is 8.95. The van der Waals surface area contributed by atoms with Crippen LogP contribution in [0.15, 0.2) is 54.7 Å². The lowest BCUT2D eigenvalue weighted by atomic mass is 9.91. The lowest BCUT2D eigenvalue weighted by molar-refractivity contribution is -0.121. The number of aromatic nitrogens is 3. The number of nitrogens with zero attached hydrogens (tertiary/aromatic N) is 3. The minimum atomic E-state index is -0.0594. The molecule has 148 valence electrons. The van der Waals surface area contributed by atoms with Crippen LogP contribution in [0.25, 0.3) is 0 Å². The summed E-state index contributed by atoms with van der Waals surface area (Å²) in [5.74, 6) is 0.783. The van der Waals surface area contributed by atoms with E-state index < -0.39 is 0 Å². The summed E-state index contributed by atoms with van der Waals surface area (Å²) in [5.41, 5.74) is 5.61. The first kappa shape index (κ1) is 19.2. The minimum Gasteiger partial charge on any atom is -0.356 e. The predicted octanol–water partition coefficient (Wildman–Crippen LogP) is 3.55. The van der Waals surface area contributed by atoms with Crippen LogP contribution >= 0.6 is 0 Å². The first-order chi connectivity index (χ1) is 14.2. The third kappa shape index (κ3) is 4.67. The van der Waals surface area contributed by atoms with Gasteiger partial charge in [-0.3, -0.25) is 9.78 Å². The van der Waals surface area contributed by atoms with E-state index in [0.717, 1.165) is 35.6 Å². The summed E-state index contributed by atoms with van der Waals surface area (Å²) in [6, 6.07) is 15.9. The van der Waals surface area contributed by atoms with Gasteiger partial charge in [-0.25, -0.2) is 9.97 Å². The second-order valence-corrected chi connectivity index (χ2v) is 7.53. The zero-order valence-corrected chi connectivity index (χ0v) is 16.8. The Kier molecular flexibility index (Phi) is 5.94. The molecule has 29 heavy (non-hydrogen) atoms. The normalized spacial score (nSPS) is 13.7. The van der Waals surface area contributed by atoms with Crippen LogP contribution in [0, 0.1) is 6.92 Å². The molecule has 1 aromatic carbocycles. The molecule has 2 heterocycles. The van der Waals surface area contributed by atoms with Crippen molar-refractivity contribution < 1.29 is 4.79 Å². The van der Waals surface area contributed by atoms with Crippen molar-refractivity contribution in [2.75, 3.05) is 6.54 Å². The molecule has 5 heteroatoms. The molecule has 1 atom stereocenters. The molecular formula is C24H26N4O. The topological polar surface area (TPSA) is 67.8 Å². The van der Waals surface area contributed by atoms with Gasteiger partial charge in [0.05, 0.1) is 0 Å². The molecule has 0 bridgehead atoms. The Bertz CT molecular complexity index is 933. The Hall–Kier alpha value is -3.08. The van der Waals surface area contributed by atoms with E-state index in [1.165, 1.54) is 17.7 Å². The van der Waals surface area contributed by atoms with Gasteiger partial charge in [0.1, 0.15) is 5.82 Å². The van der Waals surface area contributed by atoms with Gasteiger partial charge in [-0.1, -0.05) is 36.4 Å². The van der Waals surface area contributed by atoms with Gasteiger partial charge in [-0.15, -0.1) is 0 Å². The van der Waals surface area contributed by atoms with Gasteiger partial charge in [0, 0.05) is 48.6 Å². The van der Waals surface area contributed by atoms with Gasteiger partial charge >= 0.3 is 0 Å². The summed E-state index contributed by atoms with van der Waals surface area (Å²) in [5, 5.41) is 3.04. The van der Waals surface area contributed by atoms with Gasteiger partial charge < -0.3 is 5.32 Å². The zero-order valence-electron chi connectivity index (χ0n) is 16.8. The highest BCUT2D eigenvalue weighted by atomic mass is 16.1. The van der Waals surface area contributed by atoms with Crippen molar-refractivity contribution >= 4 is 5.91 Å². The van der Waals surface area contributed by atoms with E-state index in [0.29, 0.717) is 19.4 Å². The summed E-state index contributed by atoms with van der Waals surface area (Å²) in [4.78, 5) is 26.5. The number of carbonyl (C=O) groups is 1. The highest BCUT2D eigenvalue weighted by molar-refractivity contribution is 5.77. The van der Waals surface area contributed by atoms with Gasteiger partial charge in [0.2, 0.25) is 5.91 Å². The maximum absolute atomic E-state index is 12.7. The smallest absolute Gasteiger partial charge is 0.221 e. The van der Waals surface area contributed by atoms with Crippen LogP contribution < -0.4 is 5.32 Å². The summed E-state index contributed by atoms with van der Waals surface area (Å²) in [7, 11) is 0. The SMILES string of the molecule is Cc1nc(CCNC(=O)C[C@@H](c2ccccc2)c2ccccn2)nc2c1CCC2. The van der Waals surface area contributed by atoms with E-state index in [-0.39, 0.29) is 11.8 Å². The molecule has 3 aromatic rings. The van der Waals surface area contributed by atoms with Crippen molar-refractivity contribution in [2.45, 2.75) is 44.9 Å². The van der Waals surface area contributed by atoms with Crippen LogP contribution in [0.5, 0.6) is 0 Å². The Morgan fingerprint density at radius 2 is 1.90 bits per heavy atom. The van der Waals surface area contributed by atoms with Crippen molar-refractivity contribution in [2.24, 2.45) is 0 Å². The lowest BCUT2D eigenvalue weighted by Gasteiger charge is -2.17. The van der Waals surface area contributed by atoms with Crippen molar-refractivity contribution in [1.82, 2.24) is 20.3 Å². The maximum atomic E-state index is 12.7. The Balaban J connectivity index is 1.38. The molecule has 1 aliphatic carbocycles. The fraction of sp³-hybridized carbons (Fsp3) is 0.333. The van der Waals surface area contributed by atoms with Gasteiger partial charge in [0.15, 0.2) is 0 Å². The number of nitrogens with one attached hydrogen (secondary N) is 1. The number of hydrogen-bond donors (Lipinski definition) is 1. The first-order valence-corrected chi connectivity index (χ1v) is 10.3. The molecule has 0 spiro atoms. The summed E-state index contributed by atoms with van der Waals surface area (Å²) in [6.07, 6.45) is 6.09. The van der Waals surface area contributed by atoms with Crippen molar-refractivity contribution in [3.05, 3.63) is 88.8 Å². The number of amides is 1. The van der Waals surface area contributed by atoms with Crippen LogP contribution in [0.4, 0.5) is 0 Å². The molecule has 5 nitrogen and oxygen atoms in total. The van der Waals surface area contributed by atoms with E-state index in [1.54, 1.807) is 6.20 Å². The third-order valence-electron chi connectivity index (χ3n) is 5.49. The Morgan fingerprint density at radius 1 is 1.07 bits per heavy atom. The molecule has 2 aromatic heterocycles. The average Bonchev–Trinajstić information content (AvgIpc) is 3.23. The fourth-order valence-corrected chi connectivity index (χ4v) is 4.03. The molecule has 1 N–H and O–H groups in total. The lowest BCUT2D eigenvalue weighted by Crippen LogP contribution is -2.28. The molecule has 0 radical (unpaired) electrons. The van der Waals surface area contributed by atoms with Crippen LogP contribution in [0.2, 0.25) is 0 Å². The number of benzene rings is 1. The molecular weight excluding hydrogens is 360 g/mol. The van der Waals surface area contributed by atoms with E-state index in [9.17, 15) is 4.79 Å². The minimum absolute atomic E-state index is 0.0161. The molecule has 1 aliphatic rings. The number of hydrogen-bond acceptors (Lipinski definition) is 4. The number of aryl methyl sites for hydroxylation is 2. The number of rotatable bonds is 7. The van der Waals surface area contributed by atoms with Crippen molar-refractivity contribution in [3.8, 4) is 0 Å². The Labute approximate surface area is 171 Å². The van der Waals surface area contributed by atoms with E-state index >= 15 is 0 Å². The van der Waals surface area contributed by atoms with E-state index in [4.69, 9.17) is 4.98 Å². The van der Waals surface area contributed by atoms with Crippen LogP contribution in [0.3, 0.4) is 0 Å². The van der Waals surface area contributed by atoms with Crippen LogP contribution in [-0.2, 0) is 24.1 Å². The molecule has 0 unspecified atom stereocenters. The third-order valence-corrected chi connectivity index (χ3v) is 5.49. The molecule has 0 fully saturated rings. The fourth-order valence-electron chi connectivity index (χ4n) is 4.03. The standard InChI is InChI=1S/C24H26N4O/c1-17-19-10-7-12-22(19)28-23(27-17)13-15-26-24(29)16-20(18-8-3-2-4-9-18)21-11-5-6-14-25-21/h2-6,8-9,11,14,20H,7,10,12-13,15-16H2,1H3,(H,26,29)/t20-/m0/s1. The van der Waals surface area contributed by atoms with Crippen LogP contribution in [-0.4, -0.2) is 27.4 Å². The predicted molar refractivity (Wildman–Crippen MR) is 113 cm³/mol. The largest absolute Gasteiger partial charge is 0.356 e. The molecule has 4 rings (SSSR count). The van der Waals surface area contributed by atoms with Gasteiger partial charge in [0.25, 0.3) is 0 Å². The van der Waals surface area contributed by atoms with Gasteiger partial charge in [-0.05, 0) is 49.4 Å². The monoisotopic (exact) mass is 386 g/mol. The quantitative estimate of drug-likeness (QED) is 0.674. The second-order valence-electron chi connectivity index (χ2n) is 7.53.